The molecule has 0 radical (unpaired) electrons. The number of ether oxygens (including phenoxy) is 1. The Bertz CT molecular complexity index is 848. The number of hydrogen-bond acceptors (Lipinski definition) is 4. The minimum absolute atomic E-state index is 0.843. The second-order valence-electron chi connectivity index (χ2n) is 6.83. The number of H-pyrrole nitrogens is 1. The van der Waals surface area contributed by atoms with Crippen molar-refractivity contribution >= 4 is 11.0 Å². The average molecular weight is 336 g/mol. The van der Waals surface area contributed by atoms with E-state index < -0.39 is 0 Å². The van der Waals surface area contributed by atoms with Gasteiger partial charge in [-0.3, -0.25) is 4.90 Å². The Morgan fingerprint density at radius 2 is 1.84 bits per heavy atom. The first-order valence-electron chi connectivity index (χ1n) is 8.79. The summed E-state index contributed by atoms with van der Waals surface area (Å²) in [5.41, 5.74) is 3.33. The molecule has 25 heavy (non-hydrogen) atoms. The van der Waals surface area contributed by atoms with Crippen LogP contribution in [0, 0.1) is 6.92 Å². The van der Waals surface area contributed by atoms with Crippen LogP contribution < -0.4 is 4.74 Å². The number of aryl methyl sites for hydroxylation is 1. The topological polar surface area (TPSA) is 44.4 Å². The van der Waals surface area contributed by atoms with Gasteiger partial charge in [-0.1, -0.05) is 12.1 Å². The van der Waals surface area contributed by atoms with Gasteiger partial charge in [-0.25, -0.2) is 4.98 Å². The summed E-state index contributed by atoms with van der Waals surface area (Å²) >= 11 is 0. The van der Waals surface area contributed by atoms with Crippen molar-refractivity contribution in [2.24, 2.45) is 0 Å². The maximum absolute atomic E-state index is 6.11. The van der Waals surface area contributed by atoms with E-state index in [4.69, 9.17) is 4.74 Å². The summed E-state index contributed by atoms with van der Waals surface area (Å²) in [4.78, 5) is 12.4. The molecule has 1 N–H and O–H groups in total. The Balaban J connectivity index is 1.46. The number of likely N-dealkylation sites (N-methyl/N-ethyl adjacent to an activating group) is 1. The van der Waals surface area contributed by atoms with Crippen molar-refractivity contribution in [3.8, 4) is 11.5 Å². The largest absolute Gasteiger partial charge is 0.457 e. The predicted molar refractivity (Wildman–Crippen MR) is 100 cm³/mol. The van der Waals surface area contributed by atoms with Gasteiger partial charge < -0.3 is 14.6 Å². The molecule has 0 spiro atoms. The van der Waals surface area contributed by atoms with Crippen molar-refractivity contribution in [2.75, 3.05) is 33.2 Å². The van der Waals surface area contributed by atoms with Crippen molar-refractivity contribution in [3.05, 3.63) is 53.9 Å². The van der Waals surface area contributed by atoms with Gasteiger partial charge in [0.2, 0.25) is 0 Å². The van der Waals surface area contributed by atoms with Gasteiger partial charge in [0.25, 0.3) is 0 Å². The molecule has 0 bridgehead atoms. The van der Waals surface area contributed by atoms with E-state index in [0.29, 0.717) is 0 Å². The molecule has 1 aliphatic rings. The molecular formula is C20H24N4O. The molecule has 5 heteroatoms. The van der Waals surface area contributed by atoms with Crippen molar-refractivity contribution < 1.29 is 4.74 Å². The second-order valence-corrected chi connectivity index (χ2v) is 6.83. The van der Waals surface area contributed by atoms with Crippen LogP contribution in [0.1, 0.15) is 11.1 Å². The van der Waals surface area contributed by atoms with E-state index in [1.54, 1.807) is 6.20 Å². The Hall–Kier alpha value is -2.37. The highest BCUT2D eigenvalue weighted by Gasteiger charge is 2.14. The van der Waals surface area contributed by atoms with E-state index in [-0.39, 0.29) is 0 Å². The second kappa shape index (κ2) is 6.86. The number of hydrogen-bond donors (Lipinski definition) is 1. The minimum atomic E-state index is 0.843. The van der Waals surface area contributed by atoms with Crippen molar-refractivity contribution in [1.82, 2.24) is 19.8 Å². The van der Waals surface area contributed by atoms with Gasteiger partial charge in [-0.05, 0) is 43.3 Å². The number of piperazine rings is 1. The molecule has 3 heterocycles. The molecule has 0 saturated carbocycles. The Morgan fingerprint density at radius 3 is 2.60 bits per heavy atom. The van der Waals surface area contributed by atoms with Crippen LogP contribution in [0.25, 0.3) is 11.0 Å². The number of nitrogens with zero attached hydrogens (tertiary/aromatic N) is 3. The van der Waals surface area contributed by atoms with Crippen LogP contribution in [0.4, 0.5) is 0 Å². The molecule has 1 aromatic carbocycles. The molecule has 0 unspecified atom stereocenters. The van der Waals surface area contributed by atoms with E-state index in [9.17, 15) is 0 Å². The zero-order valence-corrected chi connectivity index (χ0v) is 14.8. The summed E-state index contributed by atoms with van der Waals surface area (Å²) in [5.74, 6) is 1.70. The first-order chi connectivity index (χ1) is 12.2. The average Bonchev–Trinajstić information content (AvgIpc) is 3.01. The number of aromatic nitrogens is 2. The lowest BCUT2D eigenvalue weighted by Gasteiger charge is -2.32. The van der Waals surface area contributed by atoms with Crippen LogP contribution >= 0.6 is 0 Å². The molecule has 1 saturated heterocycles. The van der Waals surface area contributed by atoms with Gasteiger partial charge in [0, 0.05) is 45.1 Å². The molecule has 0 atom stereocenters. The van der Waals surface area contributed by atoms with Gasteiger partial charge in [0.05, 0.1) is 5.39 Å². The highest BCUT2D eigenvalue weighted by Crippen LogP contribution is 2.30. The molecule has 1 fully saturated rings. The summed E-state index contributed by atoms with van der Waals surface area (Å²) < 4.78 is 6.11. The maximum atomic E-state index is 6.11. The van der Waals surface area contributed by atoms with Gasteiger partial charge in [0.1, 0.15) is 17.1 Å². The van der Waals surface area contributed by atoms with Crippen LogP contribution in [0.2, 0.25) is 0 Å². The normalized spacial score (nSPS) is 16.4. The standard InChI is InChI=1S/C20H24N4O/c1-15-13-22-20-19(15)18(7-8-21-20)25-17-5-3-16(4-6-17)14-24-11-9-23(2)10-12-24/h3-8,13H,9-12,14H2,1-2H3,(H,21,22). The molecule has 2 aromatic heterocycles. The number of fused-ring (bicyclic) bond motifs is 1. The highest BCUT2D eigenvalue weighted by molar-refractivity contribution is 5.86. The molecule has 0 aliphatic carbocycles. The van der Waals surface area contributed by atoms with E-state index in [1.807, 2.05) is 12.3 Å². The van der Waals surface area contributed by atoms with Gasteiger partial charge in [-0.2, -0.15) is 0 Å². The van der Waals surface area contributed by atoms with Gasteiger partial charge in [-0.15, -0.1) is 0 Å². The van der Waals surface area contributed by atoms with Crippen LogP contribution in [0.5, 0.6) is 11.5 Å². The van der Waals surface area contributed by atoms with Crippen molar-refractivity contribution in [1.29, 1.82) is 0 Å². The molecule has 0 amide bonds. The predicted octanol–water partition coefficient (Wildman–Crippen LogP) is 3.41. The lowest BCUT2D eigenvalue weighted by molar-refractivity contribution is 0.148. The Kier molecular flexibility index (Phi) is 4.42. The molecule has 3 aromatic rings. The third kappa shape index (κ3) is 3.52. The van der Waals surface area contributed by atoms with E-state index >= 15 is 0 Å². The fourth-order valence-corrected chi connectivity index (χ4v) is 3.32. The quantitative estimate of drug-likeness (QED) is 0.793. The summed E-state index contributed by atoms with van der Waals surface area (Å²) in [6, 6.07) is 10.4. The maximum Gasteiger partial charge on any atom is 0.141 e. The van der Waals surface area contributed by atoms with Crippen molar-refractivity contribution in [3.63, 3.8) is 0 Å². The van der Waals surface area contributed by atoms with E-state index in [2.05, 4.69) is 58.0 Å². The molecule has 5 nitrogen and oxygen atoms in total. The summed E-state index contributed by atoms with van der Waals surface area (Å²) in [7, 11) is 2.19. The summed E-state index contributed by atoms with van der Waals surface area (Å²) in [6.07, 6.45) is 3.74. The van der Waals surface area contributed by atoms with E-state index in [1.165, 1.54) is 5.56 Å². The third-order valence-electron chi connectivity index (χ3n) is 4.89. The highest BCUT2D eigenvalue weighted by atomic mass is 16.5. The lowest BCUT2D eigenvalue weighted by atomic mass is 10.2. The van der Waals surface area contributed by atoms with Gasteiger partial charge >= 0.3 is 0 Å². The summed E-state index contributed by atoms with van der Waals surface area (Å²) in [5, 5.41) is 1.05. The zero-order chi connectivity index (χ0) is 17.2. The number of benzene rings is 1. The number of nitrogens with one attached hydrogen (secondary N) is 1. The zero-order valence-electron chi connectivity index (χ0n) is 14.8. The van der Waals surface area contributed by atoms with Crippen LogP contribution in [-0.2, 0) is 6.54 Å². The van der Waals surface area contributed by atoms with E-state index in [0.717, 1.165) is 60.8 Å². The Morgan fingerprint density at radius 1 is 1.08 bits per heavy atom. The first kappa shape index (κ1) is 16.1. The van der Waals surface area contributed by atoms with Crippen LogP contribution in [-0.4, -0.2) is 53.0 Å². The molecule has 4 rings (SSSR count). The molecular weight excluding hydrogens is 312 g/mol. The third-order valence-corrected chi connectivity index (χ3v) is 4.89. The fourth-order valence-electron chi connectivity index (χ4n) is 3.32. The first-order valence-corrected chi connectivity index (χ1v) is 8.79. The lowest BCUT2D eigenvalue weighted by Crippen LogP contribution is -2.43. The van der Waals surface area contributed by atoms with Gasteiger partial charge in [0.15, 0.2) is 0 Å². The smallest absolute Gasteiger partial charge is 0.141 e. The molecule has 130 valence electrons. The monoisotopic (exact) mass is 336 g/mol. The van der Waals surface area contributed by atoms with Crippen LogP contribution in [0.15, 0.2) is 42.7 Å². The Labute approximate surface area is 148 Å². The molecule has 1 aliphatic heterocycles. The van der Waals surface area contributed by atoms with Crippen molar-refractivity contribution in [2.45, 2.75) is 13.5 Å². The number of aromatic amines is 1. The summed E-state index contributed by atoms with van der Waals surface area (Å²) in [6.45, 7) is 7.63. The number of pyridine rings is 1. The number of rotatable bonds is 4. The van der Waals surface area contributed by atoms with Crippen LogP contribution in [0.3, 0.4) is 0 Å². The SMILES string of the molecule is Cc1c[nH]c2nccc(Oc3ccc(CN4CCN(C)CC4)cc3)c12. The minimum Gasteiger partial charge on any atom is -0.457 e. The fraction of sp³-hybridized carbons (Fsp3) is 0.350.